The molecule has 20 heavy (non-hydrogen) atoms. The molecule has 1 aromatic rings. The third-order valence-electron chi connectivity index (χ3n) is 3.08. The summed E-state index contributed by atoms with van der Waals surface area (Å²) in [6.07, 6.45) is 0. The highest BCUT2D eigenvalue weighted by Crippen LogP contribution is 2.13. The molecule has 1 atom stereocenters. The summed E-state index contributed by atoms with van der Waals surface area (Å²) in [5, 5.41) is 12.0. The number of hydrogen-bond donors (Lipinski definition) is 1. The molecule has 1 unspecified atom stereocenters. The molecule has 110 valence electrons. The molecule has 0 fully saturated rings. The van der Waals surface area contributed by atoms with Gasteiger partial charge in [0.15, 0.2) is 6.61 Å². The lowest BCUT2D eigenvalue weighted by Gasteiger charge is -2.22. The quantitative estimate of drug-likeness (QED) is 0.753. The van der Waals surface area contributed by atoms with E-state index in [1.165, 1.54) is 0 Å². The second kappa shape index (κ2) is 9.35. The third kappa shape index (κ3) is 6.05. The van der Waals surface area contributed by atoms with Gasteiger partial charge in [-0.05, 0) is 30.5 Å². The fourth-order valence-electron chi connectivity index (χ4n) is 1.84. The number of hydrogen-bond acceptors (Lipinski definition) is 4. The number of benzene rings is 1. The minimum atomic E-state index is 0.0792. The van der Waals surface area contributed by atoms with Crippen LogP contribution in [0.4, 0.5) is 0 Å². The molecule has 0 aliphatic rings. The summed E-state index contributed by atoms with van der Waals surface area (Å²) >= 11 is 0. The van der Waals surface area contributed by atoms with Crippen molar-refractivity contribution in [1.29, 1.82) is 5.26 Å². The zero-order valence-electron chi connectivity index (χ0n) is 12.6. The minimum absolute atomic E-state index is 0.0792. The molecule has 0 aliphatic carbocycles. The van der Waals surface area contributed by atoms with E-state index >= 15 is 0 Å². The molecule has 0 radical (unpaired) electrons. The van der Waals surface area contributed by atoms with E-state index in [2.05, 4.69) is 19.2 Å². The molecule has 0 bridgehead atoms. The minimum Gasteiger partial charge on any atom is -0.479 e. The lowest BCUT2D eigenvalue weighted by molar-refractivity contribution is 0.108. The molecule has 1 rings (SSSR count). The van der Waals surface area contributed by atoms with Crippen LogP contribution in [-0.4, -0.2) is 25.9 Å². The Kier molecular flexibility index (Phi) is 7.71. The maximum absolute atomic E-state index is 8.52. The monoisotopic (exact) mass is 276 g/mol. The van der Waals surface area contributed by atoms with Crippen LogP contribution in [0.25, 0.3) is 0 Å². The van der Waals surface area contributed by atoms with Crippen LogP contribution in [0.5, 0.6) is 5.75 Å². The van der Waals surface area contributed by atoms with Gasteiger partial charge in [0.1, 0.15) is 11.8 Å². The van der Waals surface area contributed by atoms with Gasteiger partial charge in [-0.15, -0.1) is 0 Å². The molecule has 4 nitrogen and oxygen atoms in total. The third-order valence-corrected chi connectivity index (χ3v) is 3.08. The van der Waals surface area contributed by atoms with E-state index in [0.717, 1.165) is 31.1 Å². The molecular weight excluding hydrogens is 252 g/mol. The average Bonchev–Trinajstić information content (AvgIpc) is 2.45. The van der Waals surface area contributed by atoms with Crippen molar-refractivity contribution in [2.45, 2.75) is 33.4 Å². The highest BCUT2D eigenvalue weighted by molar-refractivity contribution is 5.28. The summed E-state index contributed by atoms with van der Waals surface area (Å²) in [6, 6.07) is 10.1. The SMILES string of the molecule is CCOCC(NCc1cccc(OCC#N)c1)C(C)C. The first kappa shape index (κ1) is 16.5. The molecule has 0 amide bonds. The molecule has 1 aromatic carbocycles. The van der Waals surface area contributed by atoms with Crippen molar-refractivity contribution in [2.24, 2.45) is 5.92 Å². The van der Waals surface area contributed by atoms with E-state index < -0.39 is 0 Å². The van der Waals surface area contributed by atoms with Gasteiger partial charge in [0.05, 0.1) is 6.61 Å². The van der Waals surface area contributed by atoms with Crippen molar-refractivity contribution in [1.82, 2.24) is 5.32 Å². The maximum atomic E-state index is 8.52. The highest BCUT2D eigenvalue weighted by atomic mass is 16.5. The summed E-state index contributed by atoms with van der Waals surface area (Å²) in [5.41, 5.74) is 1.14. The molecule has 0 saturated heterocycles. The van der Waals surface area contributed by atoms with Crippen molar-refractivity contribution >= 4 is 0 Å². The molecular formula is C16H24N2O2. The fourth-order valence-corrected chi connectivity index (χ4v) is 1.84. The van der Waals surface area contributed by atoms with Gasteiger partial charge in [-0.3, -0.25) is 0 Å². The Morgan fingerprint density at radius 3 is 2.80 bits per heavy atom. The first-order valence-electron chi connectivity index (χ1n) is 7.07. The van der Waals surface area contributed by atoms with Gasteiger partial charge in [0.2, 0.25) is 0 Å². The molecule has 0 aliphatic heterocycles. The Labute approximate surface area is 121 Å². The van der Waals surface area contributed by atoms with Crippen molar-refractivity contribution in [2.75, 3.05) is 19.8 Å². The topological polar surface area (TPSA) is 54.3 Å². The predicted octanol–water partition coefficient (Wildman–Crippen LogP) is 2.74. The van der Waals surface area contributed by atoms with Crippen LogP contribution in [-0.2, 0) is 11.3 Å². The van der Waals surface area contributed by atoms with E-state index in [0.29, 0.717) is 12.0 Å². The summed E-state index contributed by atoms with van der Waals surface area (Å²) in [6.45, 7) is 8.68. The van der Waals surface area contributed by atoms with Gasteiger partial charge in [0.25, 0.3) is 0 Å². The van der Waals surface area contributed by atoms with E-state index in [1.54, 1.807) is 0 Å². The molecule has 0 aromatic heterocycles. The van der Waals surface area contributed by atoms with E-state index in [1.807, 2.05) is 37.3 Å². The number of nitrogens with zero attached hydrogens (tertiary/aromatic N) is 1. The zero-order chi connectivity index (χ0) is 14.8. The summed E-state index contributed by atoms with van der Waals surface area (Å²) in [7, 11) is 0. The smallest absolute Gasteiger partial charge is 0.174 e. The van der Waals surface area contributed by atoms with Crippen LogP contribution in [0.3, 0.4) is 0 Å². The number of rotatable bonds is 9. The van der Waals surface area contributed by atoms with Gasteiger partial charge in [-0.1, -0.05) is 26.0 Å². The second-order valence-corrected chi connectivity index (χ2v) is 4.99. The van der Waals surface area contributed by atoms with Crippen molar-refractivity contribution in [3.05, 3.63) is 29.8 Å². The second-order valence-electron chi connectivity index (χ2n) is 4.99. The maximum Gasteiger partial charge on any atom is 0.174 e. The van der Waals surface area contributed by atoms with E-state index in [9.17, 15) is 0 Å². The Balaban J connectivity index is 2.52. The molecule has 0 spiro atoms. The highest BCUT2D eigenvalue weighted by Gasteiger charge is 2.12. The van der Waals surface area contributed by atoms with Gasteiger partial charge in [0, 0.05) is 19.2 Å². The standard InChI is InChI=1S/C16H24N2O2/c1-4-19-12-16(13(2)3)18-11-14-6-5-7-15(10-14)20-9-8-17/h5-7,10,13,16,18H,4,9,11-12H2,1-3H3. The predicted molar refractivity (Wildman–Crippen MR) is 79.5 cm³/mol. The van der Waals surface area contributed by atoms with Crippen LogP contribution in [0.1, 0.15) is 26.3 Å². The van der Waals surface area contributed by atoms with Crippen LogP contribution in [0.15, 0.2) is 24.3 Å². The van der Waals surface area contributed by atoms with Gasteiger partial charge in [-0.2, -0.15) is 5.26 Å². The lowest BCUT2D eigenvalue weighted by Crippen LogP contribution is -2.37. The van der Waals surface area contributed by atoms with Crippen LogP contribution in [0.2, 0.25) is 0 Å². The Morgan fingerprint density at radius 2 is 2.15 bits per heavy atom. The number of nitriles is 1. The summed E-state index contributed by atoms with van der Waals surface area (Å²) in [4.78, 5) is 0. The Bertz CT molecular complexity index is 427. The fraction of sp³-hybridized carbons (Fsp3) is 0.562. The summed E-state index contributed by atoms with van der Waals surface area (Å²) in [5.74, 6) is 1.25. The molecule has 0 saturated carbocycles. The van der Waals surface area contributed by atoms with Crippen molar-refractivity contribution in [3.8, 4) is 11.8 Å². The van der Waals surface area contributed by atoms with Crippen LogP contribution >= 0.6 is 0 Å². The Hall–Kier alpha value is -1.57. The van der Waals surface area contributed by atoms with Crippen LogP contribution in [0, 0.1) is 17.2 Å². The first-order valence-corrected chi connectivity index (χ1v) is 7.07. The first-order chi connectivity index (χ1) is 9.67. The van der Waals surface area contributed by atoms with E-state index in [4.69, 9.17) is 14.7 Å². The van der Waals surface area contributed by atoms with Gasteiger partial charge < -0.3 is 14.8 Å². The lowest BCUT2D eigenvalue weighted by atomic mass is 10.0. The molecule has 1 N–H and O–H groups in total. The number of nitrogens with one attached hydrogen (secondary N) is 1. The average molecular weight is 276 g/mol. The summed E-state index contributed by atoms with van der Waals surface area (Å²) < 4.78 is 10.8. The van der Waals surface area contributed by atoms with Gasteiger partial charge in [-0.25, -0.2) is 0 Å². The van der Waals surface area contributed by atoms with E-state index in [-0.39, 0.29) is 6.61 Å². The Morgan fingerprint density at radius 1 is 1.35 bits per heavy atom. The van der Waals surface area contributed by atoms with Crippen LogP contribution < -0.4 is 10.1 Å². The molecule has 0 heterocycles. The molecule has 4 heteroatoms. The normalized spacial score (nSPS) is 12.2. The largest absolute Gasteiger partial charge is 0.479 e. The van der Waals surface area contributed by atoms with Crippen molar-refractivity contribution in [3.63, 3.8) is 0 Å². The number of ether oxygens (including phenoxy) is 2. The van der Waals surface area contributed by atoms with Gasteiger partial charge >= 0.3 is 0 Å². The zero-order valence-corrected chi connectivity index (χ0v) is 12.6. The van der Waals surface area contributed by atoms with Crippen molar-refractivity contribution < 1.29 is 9.47 Å².